The highest BCUT2D eigenvalue weighted by Crippen LogP contribution is 2.20. The van der Waals surface area contributed by atoms with E-state index in [2.05, 4.69) is 4.98 Å². The molecule has 0 aliphatic carbocycles. The third kappa shape index (κ3) is 4.05. The summed E-state index contributed by atoms with van der Waals surface area (Å²) in [7, 11) is 1.70. The zero-order valence-electron chi connectivity index (χ0n) is 11.0. The Balaban J connectivity index is 2.02. The molecule has 0 spiro atoms. The molecular weight excluding hydrogens is 240 g/mol. The first-order chi connectivity index (χ1) is 9.31. The molecule has 2 N–H and O–H groups in total. The van der Waals surface area contributed by atoms with E-state index in [9.17, 15) is 0 Å². The standard InChI is InChI=1S/C15H18N2O2/c1-18-9-7-12-2-4-14(5-3-12)19-15-10-13(11-16)6-8-17-15/h2-6,8,10H,7,9,11,16H2,1H3. The fourth-order valence-corrected chi connectivity index (χ4v) is 1.70. The molecule has 0 bridgehead atoms. The normalized spacial score (nSPS) is 10.4. The van der Waals surface area contributed by atoms with Crippen LogP contribution in [-0.2, 0) is 17.7 Å². The molecule has 4 heteroatoms. The van der Waals surface area contributed by atoms with E-state index >= 15 is 0 Å². The highest BCUT2D eigenvalue weighted by atomic mass is 16.5. The van der Waals surface area contributed by atoms with Gasteiger partial charge in [-0.05, 0) is 35.7 Å². The number of hydrogen-bond donors (Lipinski definition) is 1. The second-order valence-corrected chi connectivity index (χ2v) is 4.20. The van der Waals surface area contributed by atoms with Crippen molar-refractivity contribution in [2.24, 2.45) is 5.73 Å². The molecule has 2 rings (SSSR count). The molecule has 1 heterocycles. The van der Waals surface area contributed by atoms with E-state index < -0.39 is 0 Å². The molecule has 1 aromatic heterocycles. The van der Waals surface area contributed by atoms with Gasteiger partial charge in [-0.1, -0.05) is 12.1 Å². The van der Waals surface area contributed by atoms with E-state index in [1.165, 1.54) is 5.56 Å². The predicted molar refractivity (Wildman–Crippen MR) is 74.2 cm³/mol. The van der Waals surface area contributed by atoms with Crippen molar-refractivity contribution >= 4 is 0 Å². The maximum atomic E-state index is 5.68. The van der Waals surface area contributed by atoms with Crippen LogP contribution in [-0.4, -0.2) is 18.7 Å². The molecule has 0 saturated carbocycles. The first-order valence-corrected chi connectivity index (χ1v) is 6.22. The molecule has 0 fully saturated rings. The lowest BCUT2D eigenvalue weighted by Crippen LogP contribution is -1.97. The zero-order chi connectivity index (χ0) is 13.5. The molecule has 0 atom stereocenters. The van der Waals surface area contributed by atoms with Crippen molar-refractivity contribution in [2.75, 3.05) is 13.7 Å². The Morgan fingerprint density at radius 3 is 2.58 bits per heavy atom. The quantitative estimate of drug-likeness (QED) is 0.865. The summed E-state index contributed by atoms with van der Waals surface area (Å²) < 4.78 is 10.7. The van der Waals surface area contributed by atoms with Crippen molar-refractivity contribution < 1.29 is 9.47 Å². The van der Waals surface area contributed by atoms with Crippen LogP contribution in [0.2, 0.25) is 0 Å². The van der Waals surface area contributed by atoms with Crippen LogP contribution in [0.4, 0.5) is 0 Å². The van der Waals surface area contributed by atoms with Gasteiger partial charge in [0.15, 0.2) is 0 Å². The van der Waals surface area contributed by atoms with Crippen LogP contribution >= 0.6 is 0 Å². The summed E-state index contributed by atoms with van der Waals surface area (Å²) >= 11 is 0. The van der Waals surface area contributed by atoms with Crippen molar-refractivity contribution in [2.45, 2.75) is 13.0 Å². The second kappa shape index (κ2) is 6.87. The van der Waals surface area contributed by atoms with Crippen LogP contribution in [0.1, 0.15) is 11.1 Å². The predicted octanol–water partition coefficient (Wildman–Crippen LogP) is 2.52. The zero-order valence-corrected chi connectivity index (χ0v) is 11.0. The Kier molecular flexibility index (Phi) is 4.89. The average molecular weight is 258 g/mol. The fourth-order valence-electron chi connectivity index (χ4n) is 1.70. The Labute approximate surface area is 113 Å². The Bertz CT molecular complexity index is 512. The van der Waals surface area contributed by atoms with E-state index in [0.29, 0.717) is 12.4 Å². The summed E-state index contributed by atoms with van der Waals surface area (Å²) in [4.78, 5) is 4.16. The van der Waals surface area contributed by atoms with Crippen molar-refractivity contribution in [3.05, 3.63) is 53.7 Å². The molecule has 0 aliphatic rings. The highest BCUT2D eigenvalue weighted by Gasteiger charge is 2.00. The monoisotopic (exact) mass is 258 g/mol. The first-order valence-electron chi connectivity index (χ1n) is 6.22. The number of pyridine rings is 1. The van der Waals surface area contributed by atoms with Gasteiger partial charge in [0.25, 0.3) is 0 Å². The van der Waals surface area contributed by atoms with Gasteiger partial charge in [-0.3, -0.25) is 0 Å². The van der Waals surface area contributed by atoms with Crippen LogP contribution in [0.25, 0.3) is 0 Å². The van der Waals surface area contributed by atoms with Gasteiger partial charge >= 0.3 is 0 Å². The minimum atomic E-state index is 0.481. The molecule has 100 valence electrons. The van der Waals surface area contributed by atoms with Crippen LogP contribution in [0.15, 0.2) is 42.6 Å². The summed E-state index contributed by atoms with van der Waals surface area (Å²) in [6, 6.07) is 11.6. The summed E-state index contributed by atoms with van der Waals surface area (Å²) in [6.07, 6.45) is 2.60. The van der Waals surface area contributed by atoms with E-state index in [1.54, 1.807) is 13.3 Å². The highest BCUT2D eigenvalue weighted by molar-refractivity contribution is 5.31. The van der Waals surface area contributed by atoms with Crippen molar-refractivity contribution in [1.29, 1.82) is 0 Å². The van der Waals surface area contributed by atoms with Gasteiger partial charge < -0.3 is 15.2 Å². The molecular formula is C15H18N2O2. The number of rotatable bonds is 6. The number of aromatic nitrogens is 1. The lowest BCUT2D eigenvalue weighted by atomic mass is 10.1. The second-order valence-electron chi connectivity index (χ2n) is 4.20. The summed E-state index contributed by atoms with van der Waals surface area (Å²) in [5.74, 6) is 1.33. The van der Waals surface area contributed by atoms with Gasteiger partial charge in [-0.25, -0.2) is 4.98 Å². The summed E-state index contributed by atoms with van der Waals surface area (Å²) in [5, 5.41) is 0. The van der Waals surface area contributed by atoms with E-state index in [1.807, 2.05) is 36.4 Å². The van der Waals surface area contributed by atoms with Crippen LogP contribution in [0.5, 0.6) is 11.6 Å². The molecule has 4 nitrogen and oxygen atoms in total. The number of benzene rings is 1. The van der Waals surface area contributed by atoms with Gasteiger partial charge in [0.05, 0.1) is 6.61 Å². The van der Waals surface area contributed by atoms with Gasteiger partial charge in [0.1, 0.15) is 5.75 Å². The third-order valence-electron chi connectivity index (χ3n) is 2.78. The topological polar surface area (TPSA) is 57.4 Å². The number of hydrogen-bond acceptors (Lipinski definition) is 4. The van der Waals surface area contributed by atoms with Crippen molar-refractivity contribution in [1.82, 2.24) is 4.98 Å². The van der Waals surface area contributed by atoms with E-state index in [4.69, 9.17) is 15.2 Å². The van der Waals surface area contributed by atoms with E-state index in [0.717, 1.165) is 24.3 Å². The third-order valence-corrected chi connectivity index (χ3v) is 2.78. The molecule has 0 unspecified atom stereocenters. The van der Waals surface area contributed by atoms with E-state index in [-0.39, 0.29) is 0 Å². The van der Waals surface area contributed by atoms with Crippen molar-refractivity contribution in [3.63, 3.8) is 0 Å². The molecule has 1 aromatic carbocycles. The smallest absolute Gasteiger partial charge is 0.219 e. The Hall–Kier alpha value is -1.91. The number of nitrogens with two attached hydrogens (primary N) is 1. The number of nitrogens with zero attached hydrogens (tertiary/aromatic N) is 1. The fraction of sp³-hybridized carbons (Fsp3) is 0.267. The molecule has 2 aromatic rings. The Morgan fingerprint density at radius 1 is 1.11 bits per heavy atom. The lowest BCUT2D eigenvalue weighted by Gasteiger charge is -2.07. The van der Waals surface area contributed by atoms with Gasteiger partial charge in [-0.2, -0.15) is 0 Å². The number of ether oxygens (including phenoxy) is 2. The largest absolute Gasteiger partial charge is 0.439 e. The lowest BCUT2D eigenvalue weighted by molar-refractivity contribution is 0.202. The minimum absolute atomic E-state index is 0.481. The van der Waals surface area contributed by atoms with Crippen LogP contribution in [0, 0.1) is 0 Å². The van der Waals surface area contributed by atoms with Gasteiger partial charge in [0, 0.05) is 25.9 Å². The summed E-state index contributed by atoms with van der Waals surface area (Å²) in [5.41, 5.74) is 7.81. The molecule has 0 amide bonds. The maximum Gasteiger partial charge on any atom is 0.219 e. The number of methoxy groups -OCH3 is 1. The molecule has 0 aliphatic heterocycles. The SMILES string of the molecule is COCCc1ccc(Oc2cc(CN)ccn2)cc1. The van der Waals surface area contributed by atoms with Crippen LogP contribution < -0.4 is 10.5 Å². The average Bonchev–Trinajstić information content (AvgIpc) is 2.47. The molecule has 0 saturated heterocycles. The molecule has 19 heavy (non-hydrogen) atoms. The minimum Gasteiger partial charge on any atom is -0.439 e. The van der Waals surface area contributed by atoms with Crippen molar-refractivity contribution in [3.8, 4) is 11.6 Å². The van der Waals surface area contributed by atoms with Crippen LogP contribution in [0.3, 0.4) is 0 Å². The maximum absolute atomic E-state index is 5.68. The Morgan fingerprint density at radius 2 is 1.89 bits per heavy atom. The van der Waals surface area contributed by atoms with Gasteiger partial charge in [0.2, 0.25) is 5.88 Å². The van der Waals surface area contributed by atoms with Gasteiger partial charge in [-0.15, -0.1) is 0 Å². The molecule has 0 radical (unpaired) electrons. The first kappa shape index (κ1) is 13.5. The summed E-state index contributed by atoms with van der Waals surface area (Å²) in [6.45, 7) is 1.20.